The normalized spacial score (nSPS) is 11.9. The van der Waals surface area contributed by atoms with Crippen molar-refractivity contribution in [2.45, 2.75) is 26.9 Å². The molecular formula is C15H23BN2O4. The average molecular weight is 306 g/mol. The Bertz CT molecular complexity index is 502. The van der Waals surface area contributed by atoms with E-state index in [1.54, 1.807) is 18.2 Å². The van der Waals surface area contributed by atoms with Gasteiger partial charge in [0.05, 0.1) is 6.61 Å². The molecule has 0 aromatic heterocycles. The molecule has 0 saturated heterocycles. The second kappa shape index (κ2) is 11.7. The van der Waals surface area contributed by atoms with Crippen molar-refractivity contribution in [2.75, 3.05) is 6.54 Å². The molecule has 1 aromatic rings. The van der Waals surface area contributed by atoms with Gasteiger partial charge in [0.25, 0.3) is 0 Å². The van der Waals surface area contributed by atoms with Crippen molar-refractivity contribution in [3.8, 4) is 0 Å². The van der Waals surface area contributed by atoms with Gasteiger partial charge in [0.15, 0.2) is 0 Å². The van der Waals surface area contributed by atoms with Crippen molar-refractivity contribution >= 4 is 24.8 Å². The van der Waals surface area contributed by atoms with Crippen LogP contribution in [-0.2, 0) is 16.1 Å². The van der Waals surface area contributed by atoms with Crippen LogP contribution in [0, 0.1) is 0 Å². The molecule has 0 aliphatic carbocycles. The van der Waals surface area contributed by atoms with E-state index in [0.717, 1.165) is 11.8 Å². The number of allylic oxidation sites excluding steroid dienone is 2. The summed E-state index contributed by atoms with van der Waals surface area (Å²) < 4.78 is 4.96. The fourth-order valence-electron chi connectivity index (χ4n) is 1.44. The second-order valence-electron chi connectivity index (χ2n) is 4.35. The van der Waals surface area contributed by atoms with Crippen LogP contribution in [0.2, 0.25) is 0 Å². The molecule has 0 fully saturated rings. The highest BCUT2D eigenvalue weighted by Gasteiger charge is 2.27. The minimum Gasteiger partial charge on any atom is -0.423 e. The summed E-state index contributed by atoms with van der Waals surface area (Å²) in [5.41, 5.74) is 11.9. The molecular weight excluding hydrogens is 283 g/mol. The van der Waals surface area contributed by atoms with Crippen LogP contribution >= 0.6 is 0 Å². The SMILES string of the molecule is C/C=C\C.NC(=O)c1ccc2c(c1)B(O)OC2.NCCC=O. The minimum atomic E-state index is -0.922. The van der Waals surface area contributed by atoms with Crippen LogP contribution in [0.4, 0.5) is 0 Å². The summed E-state index contributed by atoms with van der Waals surface area (Å²) in [7, 11) is -0.922. The van der Waals surface area contributed by atoms with Crippen molar-refractivity contribution in [3.63, 3.8) is 0 Å². The Labute approximate surface area is 131 Å². The maximum atomic E-state index is 10.8. The van der Waals surface area contributed by atoms with E-state index in [1.807, 2.05) is 26.0 Å². The summed E-state index contributed by atoms with van der Waals surface area (Å²) in [6.07, 6.45) is 5.29. The summed E-state index contributed by atoms with van der Waals surface area (Å²) in [6.45, 7) is 4.86. The Morgan fingerprint density at radius 3 is 2.45 bits per heavy atom. The maximum absolute atomic E-state index is 10.8. The zero-order chi connectivity index (χ0) is 17.0. The van der Waals surface area contributed by atoms with Gasteiger partial charge >= 0.3 is 7.12 Å². The molecule has 2 rings (SSSR count). The highest BCUT2D eigenvalue weighted by Crippen LogP contribution is 2.10. The van der Waals surface area contributed by atoms with Crippen molar-refractivity contribution in [3.05, 3.63) is 41.5 Å². The van der Waals surface area contributed by atoms with Gasteiger partial charge in [-0.15, -0.1) is 0 Å². The van der Waals surface area contributed by atoms with Crippen LogP contribution in [0.3, 0.4) is 0 Å². The van der Waals surface area contributed by atoms with Gasteiger partial charge in [0.1, 0.15) is 6.29 Å². The van der Waals surface area contributed by atoms with Gasteiger partial charge in [-0.1, -0.05) is 18.2 Å². The van der Waals surface area contributed by atoms with Crippen molar-refractivity contribution < 1.29 is 19.3 Å². The number of hydrogen-bond acceptors (Lipinski definition) is 5. The lowest BCUT2D eigenvalue weighted by Crippen LogP contribution is -2.29. The van der Waals surface area contributed by atoms with Crippen LogP contribution in [0.15, 0.2) is 30.4 Å². The van der Waals surface area contributed by atoms with Gasteiger partial charge in [-0.3, -0.25) is 4.79 Å². The lowest BCUT2D eigenvalue weighted by atomic mass is 9.79. The van der Waals surface area contributed by atoms with E-state index in [2.05, 4.69) is 0 Å². The molecule has 120 valence electrons. The third-order valence-electron chi connectivity index (χ3n) is 2.71. The maximum Gasteiger partial charge on any atom is 0.491 e. The van der Waals surface area contributed by atoms with E-state index in [-0.39, 0.29) is 0 Å². The molecule has 7 heteroatoms. The Morgan fingerprint density at radius 1 is 1.41 bits per heavy atom. The van der Waals surface area contributed by atoms with Crippen LogP contribution in [-0.4, -0.2) is 30.9 Å². The van der Waals surface area contributed by atoms with E-state index in [1.165, 1.54) is 0 Å². The summed E-state index contributed by atoms with van der Waals surface area (Å²) in [5, 5.41) is 9.31. The van der Waals surface area contributed by atoms with Gasteiger partial charge < -0.3 is 25.9 Å². The van der Waals surface area contributed by atoms with Crippen molar-refractivity contribution in [1.29, 1.82) is 0 Å². The van der Waals surface area contributed by atoms with Gasteiger partial charge in [-0.25, -0.2) is 0 Å². The number of nitrogens with two attached hydrogens (primary N) is 2. The first-order chi connectivity index (χ1) is 10.5. The number of aldehydes is 1. The number of amides is 1. The number of primary amides is 1. The zero-order valence-electron chi connectivity index (χ0n) is 13.0. The number of carbonyl (C=O) groups excluding carboxylic acids is 2. The van der Waals surface area contributed by atoms with Gasteiger partial charge in [-0.2, -0.15) is 0 Å². The molecule has 0 bridgehead atoms. The molecule has 0 unspecified atom stereocenters. The smallest absolute Gasteiger partial charge is 0.423 e. The number of hydrogen-bond donors (Lipinski definition) is 3. The lowest BCUT2D eigenvalue weighted by Gasteiger charge is -1.99. The number of carbonyl (C=O) groups is 2. The molecule has 1 aliphatic heterocycles. The van der Waals surface area contributed by atoms with Gasteiger partial charge in [0, 0.05) is 12.0 Å². The topological polar surface area (TPSA) is 116 Å². The standard InChI is InChI=1S/C8H8BNO3.C4H8.C3H7NO/c10-8(11)5-1-2-6-4-13-9(12)7(6)3-5;1-3-4-2;4-2-1-3-5/h1-3,12H,4H2,(H2,10,11);3-4H,1-2H3;3H,1-2,4H2/b;4-3-;. The molecule has 1 aliphatic rings. The molecule has 0 saturated carbocycles. The summed E-state index contributed by atoms with van der Waals surface area (Å²) in [6, 6.07) is 4.93. The van der Waals surface area contributed by atoms with Crippen LogP contribution in [0.25, 0.3) is 0 Å². The van der Waals surface area contributed by atoms with E-state index in [9.17, 15) is 14.6 Å². The van der Waals surface area contributed by atoms with Crippen molar-refractivity contribution in [1.82, 2.24) is 0 Å². The Hall–Kier alpha value is -1.96. The highest BCUT2D eigenvalue weighted by atomic mass is 16.5. The van der Waals surface area contributed by atoms with Gasteiger partial charge in [0.2, 0.25) is 5.91 Å². The van der Waals surface area contributed by atoms with Gasteiger partial charge in [-0.05, 0) is 43.6 Å². The molecule has 0 radical (unpaired) electrons. The highest BCUT2D eigenvalue weighted by molar-refractivity contribution is 6.61. The second-order valence-corrected chi connectivity index (χ2v) is 4.35. The third kappa shape index (κ3) is 7.17. The molecule has 5 N–H and O–H groups in total. The number of fused-ring (bicyclic) bond motifs is 1. The van der Waals surface area contributed by atoms with Crippen LogP contribution in [0.1, 0.15) is 36.2 Å². The van der Waals surface area contributed by atoms with Crippen LogP contribution < -0.4 is 16.9 Å². The number of rotatable bonds is 3. The largest absolute Gasteiger partial charge is 0.491 e. The van der Waals surface area contributed by atoms with Crippen molar-refractivity contribution in [2.24, 2.45) is 11.5 Å². The fourth-order valence-corrected chi connectivity index (χ4v) is 1.44. The predicted molar refractivity (Wildman–Crippen MR) is 87.6 cm³/mol. The quantitative estimate of drug-likeness (QED) is 0.417. The Morgan fingerprint density at radius 2 is 2.05 bits per heavy atom. The third-order valence-corrected chi connectivity index (χ3v) is 2.71. The first-order valence-electron chi connectivity index (χ1n) is 6.95. The molecule has 6 nitrogen and oxygen atoms in total. The molecule has 22 heavy (non-hydrogen) atoms. The Kier molecular flexibility index (Phi) is 10.6. The summed E-state index contributed by atoms with van der Waals surface area (Å²) in [5.74, 6) is -0.498. The van der Waals surface area contributed by atoms with E-state index >= 15 is 0 Å². The molecule has 0 spiro atoms. The zero-order valence-corrected chi connectivity index (χ0v) is 13.0. The Balaban J connectivity index is 0.000000411. The lowest BCUT2D eigenvalue weighted by molar-refractivity contribution is -0.107. The summed E-state index contributed by atoms with van der Waals surface area (Å²) in [4.78, 5) is 20.1. The van der Waals surface area contributed by atoms with E-state index in [0.29, 0.717) is 30.6 Å². The average Bonchev–Trinajstić information content (AvgIpc) is 2.90. The first kappa shape index (κ1) is 20.0. The summed E-state index contributed by atoms with van der Waals surface area (Å²) >= 11 is 0. The monoisotopic (exact) mass is 306 g/mol. The molecule has 1 amide bonds. The molecule has 1 heterocycles. The van der Waals surface area contributed by atoms with E-state index < -0.39 is 13.0 Å². The first-order valence-corrected chi connectivity index (χ1v) is 6.95. The molecule has 1 aromatic carbocycles. The fraction of sp³-hybridized carbons (Fsp3) is 0.333. The number of benzene rings is 1. The predicted octanol–water partition coefficient (Wildman–Crippen LogP) is 0.120. The van der Waals surface area contributed by atoms with Crippen LogP contribution in [0.5, 0.6) is 0 Å². The minimum absolute atomic E-state index is 0.384. The molecule has 0 atom stereocenters. The van der Waals surface area contributed by atoms with E-state index in [4.69, 9.17) is 16.1 Å².